The first-order chi connectivity index (χ1) is 1.00. The zero-order chi connectivity index (χ0) is 2.00. The fourth-order valence-electron chi connectivity index (χ4n) is 0. The maximum Gasteiger partial charge on any atom is 2.00 e. The molecule has 0 rings (SSSR count). The Balaban J connectivity index is -0.000000000833. The monoisotopic (exact) mass is 132 g/mol. The molecule has 0 N–H and O–H groups in total. The van der Waals surface area contributed by atoms with Gasteiger partial charge in [-0.25, -0.2) is 0 Å². The molecule has 0 spiro atoms. The summed E-state index contributed by atoms with van der Waals surface area (Å²) in [6.07, 6.45) is 8.00. The Kier molecular flexibility index (Phi) is 246. The van der Waals surface area contributed by atoms with Crippen LogP contribution in [0.5, 0.6) is 0 Å². The van der Waals surface area contributed by atoms with Gasteiger partial charge in [-0.05, 0) is 0 Å². The van der Waals surface area contributed by atoms with Crippen LogP contribution in [0.3, 0.4) is 0 Å². The molecule has 0 nitrogen and oxygen atoms in total. The molecule has 0 heterocycles. The summed E-state index contributed by atoms with van der Waals surface area (Å²) in [5.41, 5.74) is 0. The summed E-state index contributed by atoms with van der Waals surface area (Å²) in [5.74, 6) is 0. The van der Waals surface area contributed by atoms with Crippen molar-refractivity contribution >= 4 is 40.0 Å². The number of halogens is 1. The fraction of sp³-hybridized carbons (Fsp3) is 0. The van der Waals surface area contributed by atoms with Crippen molar-refractivity contribution in [2.45, 2.75) is 0 Å². The second-order valence-electron chi connectivity index (χ2n) is 0. The van der Waals surface area contributed by atoms with E-state index in [-0.39, 0.29) is 42.9 Å². The number of hydrogen-bond acceptors (Lipinski definition) is 0. The normalized spacial score (nSPS) is 0.500. The van der Waals surface area contributed by atoms with E-state index in [1.165, 1.54) is 0 Å². The molecular weight excluding hydrogens is 128 g/mol. The van der Waals surface area contributed by atoms with Gasteiger partial charge in [-0.2, -0.15) is 0 Å². The van der Waals surface area contributed by atoms with E-state index in [0.717, 1.165) is 0 Å². The molecule has 2 heteroatoms. The first-order valence-electron chi connectivity index (χ1n) is 0.333. The second kappa shape index (κ2) is 46.1. The Morgan fingerprint density at radius 2 is 1.25 bits per heavy atom. The van der Waals surface area contributed by atoms with Gasteiger partial charge in [0, 0.05) is 0 Å². The summed E-state index contributed by atoms with van der Waals surface area (Å²) < 4.78 is 0. The van der Waals surface area contributed by atoms with Gasteiger partial charge in [0.1, 0.15) is 0 Å². The predicted octanol–water partition coefficient (Wildman–Crippen LogP) is 0.671. The zero-order valence-corrected chi connectivity index (χ0v) is 5.40. The molecule has 0 aliphatic heterocycles. The smallest absolute Gasteiger partial charge is 1.00 e. The van der Waals surface area contributed by atoms with Crippen molar-refractivity contribution in [2.75, 3.05) is 0 Å². The van der Waals surface area contributed by atoms with E-state index >= 15 is 0 Å². The van der Waals surface area contributed by atoms with Crippen LogP contribution in [-0.2, 0) is 0 Å². The van der Waals surface area contributed by atoms with Crippen LogP contribution in [0.1, 0.15) is 2.85 Å². The molecule has 0 aromatic rings. The van der Waals surface area contributed by atoms with Crippen molar-refractivity contribution in [1.29, 1.82) is 0 Å². The topological polar surface area (TPSA) is 0 Å². The minimum Gasteiger partial charge on any atom is -1.00 e. The van der Waals surface area contributed by atoms with Gasteiger partial charge in [-0.1, -0.05) is 0 Å². The Hall–Kier alpha value is 0.806. The molecule has 0 aliphatic rings. The average Bonchev–Trinajstić information content (AvgIpc) is 1.00. The maximum absolute atomic E-state index is 4.00. The summed E-state index contributed by atoms with van der Waals surface area (Å²) in [7, 11) is 0. The number of hydrogen-bond donors (Lipinski definition) is 0. The van der Waals surface area contributed by atoms with E-state index in [1.54, 1.807) is 0 Å². The minimum atomic E-state index is 0. The van der Waals surface area contributed by atoms with Gasteiger partial charge in [0.2, 0.25) is 0 Å². The maximum atomic E-state index is 4.00. The summed E-state index contributed by atoms with van der Waals surface area (Å²) in [5, 5.41) is 0. The molecular formula is C2H5BrMg. The minimum absolute atomic E-state index is 0. The van der Waals surface area contributed by atoms with Crippen LogP contribution in [0.2, 0.25) is 0 Å². The van der Waals surface area contributed by atoms with Crippen molar-refractivity contribution in [3.8, 4) is 12.8 Å². The van der Waals surface area contributed by atoms with Crippen molar-refractivity contribution in [2.24, 2.45) is 0 Å². The third-order valence-corrected chi connectivity index (χ3v) is 0. The van der Waals surface area contributed by atoms with E-state index in [4.69, 9.17) is 0 Å². The van der Waals surface area contributed by atoms with E-state index in [2.05, 4.69) is 12.8 Å². The van der Waals surface area contributed by atoms with Gasteiger partial charge in [0.05, 0.1) is 0 Å². The molecule has 0 unspecified atom stereocenters. The van der Waals surface area contributed by atoms with Gasteiger partial charge < -0.3 is 2.85 Å². The largest absolute Gasteiger partial charge is 2.00 e. The first kappa shape index (κ1) is 21.3. The summed E-state index contributed by atoms with van der Waals surface area (Å²) in [4.78, 5) is 0. The quantitative estimate of drug-likeness (QED) is 0.336. The summed E-state index contributed by atoms with van der Waals surface area (Å²) in [6, 6.07) is 0. The average molecular weight is 133 g/mol. The molecule has 0 aliphatic carbocycles. The van der Waals surface area contributed by atoms with Crippen LogP contribution in [0.15, 0.2) is 0 Å². The summed E-state index contributed by atoms with van der Waals surface area (Å²) in [6.45, 7) is 0. The van der Waals surface area contributed by atoms with Crippen LogP contribution < -0.4 is 0 Å². The second-order valence-corrected chi connectivity index (χ2v) is 0. The Labute approximate surface area is 55.9 Å². The van der Waals surface area contributed by atoms with Crippen molar-refractivity contribution < 1.29 is 2.85 Å². The zero-order valence-electron chi connectivity index (χ0n) is 4.27. The van der Waals surface area contributed by atoms with Crippen LogP contribution in [0, 0.1) is 12.8 Å². The molecule has 4 heavy (non-hydrogen) atoms. The third kappa shape index (κ3) is 14.1. The van der Waals surface area contributed by atoms with Crippen molar-refractivity contribution in [3.05, 3.63) is 0 Å². The molecule has 0 amide bonds. The van der Waals surface area contributed by atoms with Gasteiger partial charge in [-0.15, -0.1) is 29.8 Å². The predicted molar refractivity (Wildman–Crippen MR) is 28.2 cm³/mol. The number of rotatable bonds is 0. The van der Waals surface area contributed by atoms with Crippen molar-refractivity contribution in [3.63, 3.8) is 0 Å². The van der Waals surface area contributed by atoms with Crippen LogP contribution in [0.4, 0.5) is 0 Å². The molecule has 0 fully saturated rings. The molecule has 0 bridgehead atoms. The van der Waals surface area contributed by atoms with Crippen molar-refractivity contribution in [1.82, 2.24) is 0 Å². The van der Waals surface area contributed by atoms with E-state index in [1.807, 2.05) is 0 Å². The van der Waals surface area contributed by atoms with Crippen LogP contribution >= 0.6 is 17.0 Å². The summed E-state index contributed by atoms with van der Waals surface area (Å²) >= 11 is 0. The molecule has 0 saturated carbocycles. The molecule has 0 aromatic carbocycles. The van der Waals surface area contributed by atoms with Gasteiger partial charge in [0.15, 0.2) is 0 Å². The Morgan fingerprint density at radius 3 is 1.25 bits per heavy atom. The molecule has 0 saturated heterocycles. The van der Waals surface area contributed by atoms with Gasteiger partial charge in [-0.3, -0.25) is 0 Å². The van der Waals surface area contributed by atoms with E-state index in [9.17, 15) is 0 Å². The van der Waals surface area contributed by atoms with Crippen LogP contribution in [-0.4, -0.2) is 23.1 Å². The van der Waals surface area contributed by atoms with E-state index in [0.29, 0.717) is 0 Å². The van der Waals surface area contributed by atoms with E-state index < -0.39 is 0 Å². The number of terminal acetylenes is 1. The fourth-order valence-corrected chi connectivity index (χ4v) is 0. The molecule has 0 aromatic heterocycles. The van der Waals surface area contributed by atoms with Gasteiger partial charge >= 0.3 is 23.1 Å². The third-order valence-electron chi connectivity index (χ3n) is 0. The molecule has 22 valence electrons. The first-order valence-corrected chi connectivity index (χ1v) is 0.333. The standard InChI is InChI=1S/C2H2.BrH.Mg.2H/c1-2;;;;/h1-2H;1H;;;/q;;+2;2*-1. The van der Waals surface area contributed by atoms with Crippen LogP contribution in [0.25, 0.3) is 0 Å². The molecule has 0 radical (unpaired) electrons. The SMILES string of the molecule is Br.C#C.[H-].[H-].[Mg+2]. The Bertz CT molecular complexity index is 16.3. The molecule has 0 atom stereocenters. The van der Waals surface area contributed by atoms with Gasteiger partial charge in [0.25, 0.3) is 0 Å². The Morgan fingerprint density at radius 1 is 1.25 bits per heavy atom.